The summed E-state index contributed by atoms with van der Waals surface area (Å²) in [5, 5.41) is 0. The Morgan fingerprint density at radius 1 is 1.24 bits per heavy atom. The van der Waals surface area contributed by atoms with Crippen LogP contribution < -0.4 is 11.2 Å². The number of aromatic amines is 2. The lowest BCUT2D eigenvalue weighted by molar-refractivity contribution is -0.159. The van der Waals surface area contributed by atoms with Gasteiger partial charge in [-0.2, -0.15) is 0 Å². The van der Waals surface area contributed by atoms with Crippen LogP contribution in [0.5, 0.6) is 0 Å². The van der Waals surface area contributed by atoms with E-state index in [4.69, 9.17) is 9.47 Å². The van der Waals surface area contributed by atoms with E-state index in [1.807, 2.05) is 4.98 Å². The number of carbonyl (C=O) groups excluding carboxylic acids is 2. The molecule has 1 aromatic heterocycles. The highest BCUT2D eigenvalue weighted by molar-refractivity contribution is 5.88. The van der Waals surface area contributed by atoms with E-state index in [-0.39, 0.29) is 11.8 Å². The Kier molecular flexibility index (Phi) is 6.17. The second-order valence-corrected chi connectivity index (χ2v) is 6.93. The van der Waals surface area contributed by atoms with Crippen LogP contribution >= 0.6 is 0 Å². The zero-order valence-corrected chi connectivity index (χ0v) is 14.7. The van der Waals surface area contributed by atoms with E-state index in [1.54, 1.807) is 0 Å². The predicted octanol–water partition coefficient (Wildman–Crippen LogP) is 1.22. The first-order valence-electron chi connectivity index (χ1n) is 8.46. The number of H-pyrrole nitrogens is 2. The molecule has 0 radical (unpaired) electrons. The van der Waals surface area contributed by atoms with E-state index >= 15 is 0 Å². The Morgan fingerprint density at radius 3 is 2.60 bits per heavy atom. The number of rotatable bonds is 5. The highest BCUT2D eigenvalue weighted by atomic mass is 16.6. The number of ether oxygens (including phenoxy) is 2. The van der Waals surface area contributed by atoms with Gasteiger partial charge in [0.15, 0.2) is 6.61 Å². The summed E-state index contributed by atoms with van der Waals surface area (Å²) >= 11 is 0. The van der Waals surface area contributed by atoms with Crippen LogP contribution in [0, 0.1) is 17.8 Å². The first kappa shape index (κ1) is 19.0. The monoisotopic (exact) mass is 352 g/mol. The molecule has 1 heterocycles. The van der Waals surface area contributed by atoms with Crippen LogP contribution in [0.25, 0.3) is 0 Å². The SMILES string of the molecule is CC1CCC(C(C)C)C(OC(=O)COC(=O)c2cc(=O)[nH]c(=O)[nH]2)C1. The maximum atomic E-state index is 12.0. The molecular weight excluding hydrogens is 328 g/mol. The van der Waals surface area contributed by atoms with Gasteiger partial charge in [-0.05, 0) is 30.6 Å². The van der Waals surface area contributed by atoms with Gasteiger partial charge in [0.25, 0.3) is 5.56 Å². The van der Waals surface area contributed by atoms with Gasteiger partial charge in [0.2, 0.25) is 0 Å². The van der Waals surface area contributed by atoms with Gasteiger partial charge in [0.1, 0.15) is 11.8 Å². The molecule has 1 aliphatic rings. The zero-order chi connectivity index (χ0) is 18.6. The average Bonchev–Trinajstić information content (AvgIpc) is 2.51. The Morgan fingerprint density at radius 2 is 1.96 bits per heavy atom. The molecule has 2 N–H and O–H groups in total. The van der Waals surface area contributed by atoms with Gasteiger partial charge in [-0.15, -0.1) is 0 Å². The Labute approximate surface area is 144 Å². The van der Waals surface area contributed by atoms with Gasteiger partial charge in [0, 0.05) is 6.07 Å². The van der Waals surface area contributed by atoms with Crippen LogP contribution in [0.3, 0.4) is 0 Å². The first-order chi connectivity index (χ1) is 11.8. The average molecular weight is 352 g/mol. The summed E-state index contributed by atoms with van der Waals surface area (Å²) in [6.45, 7) is 5.76. The topological polar surface area (TPSA) is 118 Å². The van der Waals surface area contributed by atoms with Crippen LogP contribution in [0.4, 0.5) is 0 Å². The molecule has 1 aromatic rings. The van der Waals surface area contributed by atoms with Crippen molar-refractivity contribution in [2.45, 2.75) is 46.1 Å². The minimum Gasteiger partial charge on any atom is -0.460 e. The van der Waals surface area contributed by atoms with Gasteiger partial charge in [-0.25, -0.2) is 14.4 Å². The molecule has 2 rings (SSSR count). The second-order valence-electron chi connectivity index (χ2n) is 6.93. The third-order valence-corrected chi connectivity index (χ3v) is 4.55. The lowest BCUT2D eigenvalue weighted by atomic mass is 9.75. The van der Waals surface area contributed by atoms with Crippen molar-refractivity contribution in [2.24, 2.45) is 17.8 Å². The lowest BCUT2D eigenvalue weighted by Crippen LogP contribution is -2.37. The highest BCUT2D eigenvalue weighted by Gasteiger charge is 2.33. The molecule has 3 unspecified atom stereocenters. The number of esters is 2. The molecule has 0 aliphatic heterocycles. The van der Waals surface area contributed by atoms with Crippen LogP contribution in [0.15, 0.2) is 15.7 Å². The fraction of sp³-hybridized carbons (Fsp3) is 0.647. The summed E-state index contributed by atoms with van der Waals surface area (Å²) in [5.74, 6) is -0.423. The van der Waals surface area contributed by atoms with Crippen molar-refractivity contribution < 1.29 is 19.1 Å². The van der Waals surface area contributed by atoms with Crippen molar-refractivity contribution in [3.63, 3.8) is 0 Å². The smallest absolute Gasteiger partial charge is 0.355 e. The van der Waals surface area contributed by atoms with Gasteiger partial charge < -0.3 is 14.5 Å². The molecular formula is C17H24N2O6. The van der Waals surface area contributed by atoms with Crippen molar-refractivity contribution in [3.8, 4) is 0 Å². The Balaban J connectivity index is 1.92. The molecule has 1 saturated carbocycles. The predicted molar refractivity (Wildman–Crippen MR) is 89.2 cm³/mol. The molecule has 0 bridgehead atoms. The molecule has 3 atom stereocenters. The van der Waals surface area contributed by atoms with E-state index in [0.29, 0.717) is 17.8 Å². The summed E-state index contributed by atoms with van der Waals surface area (Å²) in [5.41, 5.74) is -1.86. The third kappa shape index (κ3) is 5.30. The summed E-state index contributed by atoms with van der Waals surface area (Å²) in [6, 6.07) is 0.896. The molecule has 1 fully saturated rings. The molecule has 25 heavy (non-hydrogen) atoms. The third-order valence-electron chi connectivity index (χ3n) is 4.55. The molecule has 8 heteroatoms. The van der Waals surface area contributed by atoms with Crippen molar-refractivity contribution >= 4 is 11.9 Å². The Bertz CT molecular complexity index is 707. The summed E-state index contributed by atoms with van der Waals surface area (Å²) in [7, 11) is 0. The molecule has 0 saturated heterocycles. The largest absolute Gasteiger partial charge is 0.460 e. The minimum atomic E-state index is -0.961. The summed E-state index contributed by atoms with van der Waals surface area (Å²) in [4.78, 5) is 50.2. The highest BCUT2D eigenvalue weighted by Crippen LogP contribution is 2.35. The fourth-order valence-electron chi connectivity index (χ4n) is 3.23. The van der Waals surface area contributed by atoms with E-state index in [2.05, 4.69) is 25.8 Å². The standard InChI is InChI=1S/C17H24N2O6/c1-9(2)11-5-4-10(3)6-13(11)25-15(21)8-24-16(22)12-7-14(20)19-17(23)18-12/h7,9-11,13H,4-6,8H2,1-3H3,(H2,18,19,20,23). The maximum absolute atomic E-state index is 12.0. The first-order valence-corrected chi connectivity index (χ1v) is 8.46. The molecule has 0 aromatic carbocycles. The molecule has 8 nitrogen and oxygen atoms in total. The van der Waals surface area contributed by atoms with Crippen LogP contribution in [0.2, 0.25) is 0 Å². The molecule has 138 valence electrons. The number of hydrogen-bond donors (Lipinski definition) is 2. The molecule has 0 spiro atoms. The lowest BCUT2D eigenvalue weighted by Gasteiger charge is -2.36. The van der Waals surface area contributed by atoms with Gasteiger partial charge >= 0.3 is 17.6 Å². The van der Waals surface area contributed by atoms with E-state index < -0.39 is 29.8 Å². The molecule has 0 amide bonds. The van der Waals surface area contributed by atoms with Gasteiger partial charge in [-0.3, -0.25) is 9.78 Å². The van der Waals surface area contributed by atoms with Crippen molar-refractivity contribution in [3.05, 3.63) is 32.6 Å². The zero-order valence-electron chi connectivity index (χ0n) is 14.7. The van der Waals surface area contributed by atoms with Crippen LogP contribution in [-0.4, -0.2) is 34.6 Å². The van der Waals surface area contributed by atoms with E-state index in [1.165, 1.54) is 0 Å². The van der Waals surface area contributed by atoms with Crippen molar-refractivity contribution in [1.82, 2.24) is 9.97 Å². The number of aromatic nitrogens is 2. The van der Waals surface area contributed by atoms with Crippen molar-refractivity contribution in [2.75, 3.05) is 6.61 Å². The van der Waals surface area contributed by atoms with Crippen LogP contribution in [-0.2, 0) is 14.3 Å². The number of hydrogen-bond acceptors (Lipinski definition) is 6. The van der Waals surface area contributed by atoms with E-state index in [9.17, 15) is 19.2 Å². The Hall–Kier alpha value is -2.38. The van der Waals surface area contributed by atoms with Crippen LogP contribution in [0.1, 0.15) is 50.5 Å². The normalized spacial score (nSPS) is 23.3. The summed E-state index contributed by atoms with van der Waals surface area (Å²) in [6.07, 6.45) is 2.73. The number of carbonyl (C=O) groups is 2. The minimum absolute atomic E-state index is 0.186. The quantitative estimate of drug-likeness (QED) is 0.769. The van der Waals surface area contributed by atoms with Gasteiger partial charge in [0.05, 0.1) is 0 Å². The number of nitrogens with one attached hydrogen (secondary N) is 2. The fourth-order valence-corrected chi connectivity index (χ4v) is 3.23. The molecule has 1 aliphatic carbocycles. The van der Waals surface area contributed by atoms with Crippen molar-refractivity contribution in [1.29, 1.82) is 0 Å². The second kappa shape index (κ2) is 8.13. The summed E-state index contributed by atoms with van der Waals surface area (Å²) < 4.78 is 10.3. The maximum Gasteiger partial charge on any atom is 0.355 e. The van der Waals surface area contributed by atoms with Gasteiger partial charge in [-0.1, -0.05) is 27.2 Å². The van der Waals surface area contributed by atoms with E-state index in [0.717, 1.165) is 25.3 Å².